The lowest BCUT2D eigenvalue weighted by atomic mass is 9.69. The Labute approximate surface area is 104 Å². The Balaban J connectivity index is 1.64. The van der Waals surface area contributed by atoms with E-state index in [1.807, 2.05) is 0 Å². The minimum absolute atomic E-state index is 0.261. The van der Waals surface area contributed by atoms with Crippen molar-refractivity contribution < 1.29 is 9.47 Å². The van der Waals surface area contributed by atoms with Gasteiger partial charge in [-0.3, -0.25) is 0 Å². The first-order chi connectivity index (χ1) is 8.33. The molecule has 2 saturated heterocycles. The third kappa shape index (κ3) is 2.25. The first-order valence-electron chi connectivity index (χ1n) is 7.26. The van der Waals surface area contributed by atoms with Crippen LogP contribution < -0.4 is 5.32 Å². The first kappa shape index (κ1) is 11.9. The molecule has 2 aliphatic heterocycles. The normalized spacial score (nSPS) is 37.9. The van der Waals surface area contributed by atoms with E-state index in [0.717, 1.165) is 19.1 Å². The Kier molecular flexibility index (Phi) is 3.42. The number of rotatable bonds is 3. The van der Waals surface area contributed by atoms with Crippen LogP contribution in [-0.4, -0.2) is 38.0 Å². The standard InChI is InChI=1S/C14H25NO2/c1-15-13(12-4-2-8-16-12)11-5-9-17-14(10-11)6-3-7-14/h11-13,15H,2-10H2,1H3. The van der Waals surface area contributed by atoms with Crippen LogP contribution in [-0.2, 0) is 9.47 Å². The van der Waals surface area contributed by atoms with Crippen LogP contribution in [0, 0.1) is 5.92 Å². The Hall–Kier alpha value is -0.120. The zero-order valence-corrected chi connectivity index (χ0v) is 10.9. The van der Waals surface area contributed by atoms with Gasteiger partial charge < -0.3 is 14.8 Å². The van der Waals surface area contributed by atoms with E-state index < -0.39 is 0 Å². The molecule has 0 bridgehead atoms. The summed E-state index contributed by atoms with van der Waals surface area (Å²) in [7, 11) is 2.09. The predicted octanol–water partition coefficient (Wildman–Crippen LogP) is 2.10. The van der Waals surface area contributed by atoms with E-state index >= 15 is 0 Å². The molecule has 2 heterocycles. The van der Waals surface area contributed by atoms with Crippen molar-refractivity contribution in [2.45, 2.75) is 62.7 Å². The molecule has 3 rings (SSSR count). The second kappa shape index (κ2) is 4.87. The Morgan fingerprint density at radius 3 is 2.65 bits per heavy atom. The number of hydrogen-bond donors (Lipinski definition) is 1. The summed E-state index contributed by atoms with van der Waals surface area (Å²) >= 11 is 0. The summed E-state index contributed by atoms with van der Waals surface area (Å²) in [6, 6.07) is 0.541. The van der Waals surface area contributed by atoms with E-state index in [-0.39, 0.29) is 5.60 Å². The third-order valence-electron chi connectivity index (χ3n) is 5.00. The molecule has 3 aliphatic rings. The van der Waals surface area contributed by atoms with Crippen molar-refractivity contribution in [3.8, 4) is 0 Å². The van der Waals surface area contributed by atoms with E-state index in [9.17, 15) is 0 Å². The van der Waals surface area contributed by atoms with Crippen molar-refractivity contribution in [2.75, 3.05) is 20.3 Å². The molecule has 17 heavy (non-hydrogen) atoms. The molecule has 98 valence electrons. The van der Waals surface area contributed by atoms with Gasteiger partial charge in [0.05, 0.1) is 11.7 Å². The van der Waals surface area contributed by atoms with Gasteiger partial charge in [0.1, 0.15) is 0 Å². The fraction of sp³-hybridized carbons (Fsp3) is 1.00. The summed E-state index contributed by atoms with van der Waals surface area (Å²) in [5, 5.41) is 3.52. The Morgan fingerprint density at radius 1 is 1.18 bits per heavy atom. The topological polar surface area (TPSA) is 30.5 Å². The number of hydrogen-bond acceptors (Lipinski definition) is 3. The second-order valence-corrected chi connectivity index (χ2v) is 6.00. The maximum absolute atomic E-state index is 6.02. The molecule has 0 aromatic carbocycles. The van der Waals surface area contributed by atoms with Crippen LogP contribution in [0.4, 0.5) is 0 Å². The highest BCUT2D eigenvalue weighted by Gasteiger charge is 2.45. The van der Waals surface area contributed by atoms with Crippen LogP contribution in [0.2, 0.25) is 0 Å². The Morgan fingerprint density at radius 2 is 2.06 bits per heavy atom. The molecule has 0 amide bonds. The summed E-state index contributed by atoms with van der Waals surface area (Å²) in [5.74, 6) is 0.747. The molecule has 3 fully saturated rings. The molecule has 1 spiro atoms. The summed E-state index contributed by atoms with van der Waals surface area (Å²) in [6.45, 7) is 1.91. The van der Waals surface area contributed by atoms with Crippen LogP contribution in [0.1, 0.15) is 44.9 Å². The minimum atomic E-state index is 0.261. The monoisotopic (exact) mass is 239 g/mol. The van der Waals surface area contributed by atoms with Crippen LogP contribution >= 0.6 is 0 Å². The fourth-order valence-electron chi connectivity index (χ4n) is 3.90. The van der Waals surface area contributed by atoms with E-state index in [0.29, 0.717) is 12.1 Å². The molecule has 0 aromatic rings. The number of likely N-dealkylation sites (N-methyl/N-ethyl adjacent to an activating group) is 1. The zero-order chi connectivity index (χ0) is 11.7. The summed E-state index contributed by atoms with van der Waals surface area (Å²) < 4.78 is 11.9. The zero-order valence-electron chi connectivity index (χ0n) is 10.9. The summed E-state index contributed by atoms with van der Waals surface area (Å²) in [6.07, 6.45) is 9.28. The number of ether oxygens (including phenoxy) is 2. The van der Waals surface area contributed by atoms with Crippen LogP contribution in [0.3, 0.4) is 0 Å². The van der Waals surface area contributed by atoms with Crippen molar-refractivity contribution in [1.82, 2.24) is 5.32 Å². The van der Waals surface area contributed by atoms with Crippen molar-refractivity contribution in [3.63, 3.8) is 0 Å². The van der Waals surface area contributed by atoms with Crippen LogP contribution in [0.5, 0.6) is 0 Å². The fourth-order valence-corrected chi connectivity index (χ4v) is 3.90. The third-order valence-corrected chi connectivity index (χ3v) is 5.00. The van der Waals surface area contributed by atoms with Crippen LogP contribution in [0.15, 0.2) is 0 Å². The smallest absolute Gasteiger partial charge is 0.0731 e. The molecule has 1 saturated carbocycles. The largest absolute Gasteiger partial charge is 0.377 e. The van der Waals surface area contributed by atoms with Gasteiger partial charge in [-0.2, -0.15) is 0 Å². The van der Waals surface area contributed by atoms with Gasteiger partial charge in [-0.25, -0.2) is 0 Å². The van der Waals surface area contributed by atoms with Gasteiger partial charge in [-0.1, -0.05) is 0 Å². The van der Waals surface area contributed by atoms with Gasteiger partial charge in [0.2, 0.25) is 0 Å². The maximum Gasteiger partial charge on any atom is 0.0731 e. The van der Waals surface area contributed by atoms with E-state index in [1.165, 1.54) is 44.9 Å². The highest BCUT2D eigenvalue weighted by atomic mass is 16.5. The number of nitrogens with one attached hydrogen (secondary N) is 1. The van der Waals surface area contributed by atoms with Crippen molar-refractivity contribution >= 4 is 0 Å². The molecule has 3 unspecified atom stereocenters. The van der Waals surface area contributed by atoms with E-state index in [1.54, 1.807) is 0 Å². The minimum Gasteiger partial charge on any atom is -0.377 e. The lowest BCUT2D eigenvalue weighted by Crippen LogP contribution is -2.52. The SMILES string of the molecule is CNC(C1CCOC2(CCC2)C1)C1CCCO1. The van der Waals surface area contributed by atoms with E-state index in [2.05, 4.69) is 12.4 Å². The lowest BCUT2D eigenvalue weighted by Gasteiger charge is -2.49. The molecule has 1 N–H and O–H groups in total. The Bertz CT molecular complexity index is 259. The lowest BCUT2D eigenvalue weighted by molar-refractivity contribution is -0.151. The average Bonchev–Trinajstić information content (AvgIpc) is 2.82. The van der Waals surface area contributed by atoms with Gasteiger partial charge in [0, 0.05) is 19.3 Å². The predicted molar refractivity (Wildman–Crippen MR) is 67.1 cm³/mol. The average molecular weight is 239 g/mol. The molecular weight excluding hydrogens is 214 g/mol. The molecule has 1 aliphatic carbocycles. The first-order valence-corrected chi connectivity index (χ1v) is 7.26. The quantitative estimate of drug-likeness (QED) is 0.818. The molecule has 3 nitrogen and oxygen atoms in total. The van der Waals surface area contributed by atoms with Gasteiger partial charge in [-0.15, -0.1) is 0 Å². The van der Waals surface area contributed by atoms with Crippen molar-refractivity contribution in [3.05, 3.63) is 0 Å². The van der Waals surface area contributed by atoms with Crippen molar-refractivity contribution in [1.29, 1.82) is 0 Å². The van der Waals surface area contributed by atoms with Gasteiger partial charge >= 0.3 is 0 Å². The second-order valence-electron chi connectivity index (χ2n) is 6.00. The molecular formula is C14H25NO2. The van der Waals surface area contributed by atoms with Crippen LogP contribution in [0.25, 0.3) is 0 Å². The van der Waals surface area contributed by atoms with E-state index in [4.69, 9.17) is 9.47 Å². The molecule has 0 radical (unpaired) electrons. The molecule has 0 aromatic heterocycles. The summed E-state index contributed by atoms with van der Waals surface area (Å²) in [4.78, 5) is 0. The maximum atomic E-state index is 6.02. The highest BCUT2D eigenvalue weighted by molar-refractivity contribution is 4.98. The highest BCUT2D eigenvalue weighted by Crippen LogP contribution is 2.45. The molecule has 3 heteroatoms. The van der Waals surface area contributed by atoms with Gasteiger partial charge in [-0.05, 0) is 57.9 Å². The summed E-state index contributed by atoms with van der Waals surface area (Å²) in [5.41, 5.74) is 0.261. The van der Waals surface area contributed by atoms with Crippen molar-refractivity contribution in [2.24, 2.45) is 5.92 Å². The van der Waals surface area contributed by atoms with Gasteiger partial charge in [0.25, 0.3) is 0 Å². The van der Waals surface area contributed by atoms with Gasteiger partial charge in [0.15, 0.2) is 0 Å². The molecule has 3 atom stereocenters.